The van der Waals surface area contributed by atoms with Crippen molar-refractivity contribution in [1.82, 2.24) is 0 Å². The Bertz CT molecular complexity index is 166. The molecule has 1 N–H and O–H groups in total. The van der Waals surface area contributed by atoms with Crippen molar-refractivity contribution < 1.29 is 5.11 Å². The number of hydrogen-bond donors (Lipinski definition) is 1. The second-order valence-corrected chi connectivity index (χ2v) is 2.86. The van der Waals surface area contributed by atoms with Gasteiger partial charge in [-0.05, 0) is 19.3 Å². The Morgan fingerprint density at radius 1 is 0.923 bits per heavy atom. The lowest BCUT2D eigenvalue weighted by molar-refractivity contribution is 0.302. The van der Waals surface area contributed by atoms with E-state index in [0.717, 1.165) is 19.3 Å². The highest BCUT2D eigenvalue weighted by atomic mass is 16.2. The monoisotopic (exact) mass is 180 g/mol. The summed E-state index contributed by atoms with van der Waals surface area (Å²) in [6.45, 7) is 2.42. The molecule has 0 aromatic carbocycles. The van der Waals surface area contributed by atoms with Crippen LogP contribution in [0.25, 0.3) is 0 Å². The molecule has 0 heterocycles. The van der Waals surface area contributed by atoms with Crippen LogP contribution in [0.3, 0.4) is 0 Å². The third-order valence-electron chi connectivity index (χ3n) is 1.57. The van der Waals surface area contributed by atoms with Crippen LogP contribution in [0, 0.1) is 0 Å². The van der Waals surface area contributed by atoms with Crippen LogP contribution in [0.1, 0.15) is 32.6 Å². The van der Waals surface area contributed by atoms with E-state index < -0.39 is 0 Å². The van der Waals surface area contributed by atoms with Crippen LogP contribution in [-0.4, -0.2) is 11.7 Å². The first-order chi connectivity index (χ1) is 6.41. The Morgan fingerprint density at radius 3 is 2.38 bits per heavy atom. The Balaban J connectivity index is 3.30. The fourth-order valence-corrected chi connectivity index (χ4v) is 0.866. The number of hydrogen-bond acceptors (Lipinski definition) is 1. The standard InChI is InChI=1S/C12H20O/c1-2-3-4-5-6-7-8-9-10-11-12-13/h4-7,9-10,13H,2-3,8,11-12H2,1H3/b5-4-,7-6-,10-9-. The second-order valence-electron chi connectivity index (χ2n) is 2.86. The molecule has 13 heavy (non-hydrogen) atoms. The Labute approximate surface area is 81.5 Å². The van der Waals surface area contributed by atoms with Gasteiger partial charge in [-0.25, -0.2) is 0 Å². The molecule has 1 nitrogen and oxygen atoms in total. The van der Waals surface area contributed by atoms with Gasteiger partial charge in [0.05, 0.1) is 0 Å². The highest BCUT2D eigenvalue weighted by Gasteiger charge is 1.73. The number of aliphatic hydroxyl groups is 1. The number of allylic oxidation sites excluding steroid dienone is 5. The first-order valence-corrected chi connectivity index (χ1v) is 4.99. The fourth-order valence-electron chi connectivity index (χ4n) is 0.866. The van der Waals surface area contributed by atoms with Gasteiger partial charge in [-0.2, -0.15) is 0 Å². The van der Waals surface area contributed by atoms with Crippen LogP contribution in [0.15, 0.2) is 36.5 Å². The first-order valence-electron chi connectivity index (χ1n) is 4.99. The zero-order chi connectivity index (χ0) is 9.78. The molecular formula is C12H20O. The molecular weight excluding hydrogens is 160 g/mol. The summed E-state index contributed by atoms with van der Waals surface area (Å²) in [6, 6.07) is 0. The van der Waals surface area contributed by atoms with E-state index >= 15 is 0 Å². The number of unbranched alkanes of at least 4 members (excludes halogenated alkanes) is 1. The zero-order valence-electron chi connectivity index (χ0n) is 8.45. The molecule has 0 radical (unpaired) electrons. The second kappa shape index (κ2) is 11.2. The third-order valence-corrected chi connectivity index (χ3v) is 1.57. The third kappa shape index (κ3) is 11.2. The average Bonchev–Trinajstić information content (AvgIpc) is 2.16. The van der Waals surface area contributed by atoms with Gasteiger partial charge in [-0.3, -0.25) is 0 Å². The molecule has 0 spiro atoms. The summed E-state index contributed by atoms with van der Waals surface area (Å²) in [7, 11) is 0. The van der Waals surface area contributed by atoms with Crippen molar-refractivity contribution in [3.63, 3.8) is 0 Å². The molecule has 0 unspecified atom stereocenters. The first kappa shape index (κ1) is 12.2. The molecule has 0 atom stereocenters. The SMILES string of the molecule is CCC/C=C\C=C/C/C=C\CCO. The lowest BCUT2D eigenvalue weighted by Crippen LogP contribution is -1.74. The van der Waals surface area contributed by atoms with E-state index in [2.05, 4.69) is 37.3 Å². The summed E-state index contributed by atoms with van der Waals surface area (Å²) in [5.41, 5.74) is 0. The maximum Gasteiger partial charge on any atom is 0.0465 e. The molecule has 0 bridgehead atoms. The van der Waals surface area contributed by atoms with Gasteiger partial charge in [0, 0.05) is 6.61 Å². The van der Waals surface area contributed by atoms with Crippen molar-refractivity contribution in [1.29, 1.82) is 0 Å². The Morgan fingerprint density at radius 2 is 1.69 bits per heavy atom. The van der Waals surface area contributed by atoms with Gasteiger partial charge in [-0.15, -0.1) is 0 Å². The quantitative estimate of drug-likeness (QED) is 0.471. The van der Waals surface area contributed by atoms with Crippen molar-refractivity contribution in [2.24, 2.45) is 0 Å². The minimum atomic E-state index is 0.247. The van der Waals surface area contributed by atoms with Gasteiger partial charge in [0.25, 0.3) is 0 Å². The van der Waals surface area contributed by atoms with Crippen molar-refractivity contribution in [3.8, 4) is 0 Å². The topological polar surface area (TPSA) is 20.2 Å². The summed E-state index contributed by atoms with van der Waals surface area (Å²) in [5, 5.41) is 8.49. The van der Waals surface area contributed by atoms with Crippen molar-refractivity contribution in [3.05, 3.63) is 36.5 Å². The van der Waals surface area contributed by atoms with Crippen LogP contribution >= 0.6 is 0 Å². The van der Waals surface area contributed by atoms with Crippen LogP contribution in [0.4, 0.5) is 0 Å². The smallest absolute Gasteiger partial charge is 0.0465 e. The van der Waals surface area contributed by atoms with Crippen molar-refractivity contribution in [2.75, 3.05) is 6.61 Å². The van der Waals surface area contributed by atoms with Gasteiger partial charge in [-0.1, -0.05) is 49.8 Å². The average molecular weight is 180 g/mol. The highest BCUT2D eigenvalue weighted by Crippen LogP contribution is 1.91. The minimum Gasteiger partial charge on any atom is -0.396 e. The maximum absolute atomic E-state index is 8.49. The maximum atomic E-state index is 8.49. The molecule has 0 rings (SSSR count). The number of rotatable bonds is 7. The number of aliphatic hydroxyl groups excluding tert-OH is 1. The Hall–Kier alpha value is -0.820. The normalized spacial score (nSPS) is 12.5. The van der Waals surface area contributed by atoms with Gasteiger partial charge in [0.1, 0.15) is 0 Å². The Kier molecular flexibility index (Phi) is 10.5. The molecule has 0 aromatic rings. The van der Waals surface area contributed by atoms with E-state index in [9.17, 15) is 0 Å². The summed E-state index contributed by atoms with van der Waals surface area (Å²) >= 11 is 0. The predicted molar refractivity (Wildman–Crippen MR) is 58.6 cm³/mol. The van der Waals surface area contributed by atoms with E-state index in [4.69, 9.17) is 5.11 Å². The fraction of sp³-hybridized carbons (Fsp3) is 0.500. The lowest BCUT2D eigenvalue weighted by Gasteiger charge is -1.83. The van der Waals surface area contributed by atoms with Crippen LogP contribution in [0.2, 0.25) is 0 Å². The molecule has 0 aliphatic rings. The van der Waals surface area contributed by atoms with Gasteiger partial charge in [0.2, 0.25) is 0 Å². The van der Waals surface area contributed by atoms with Crippen LogP contribution < -0.4 is 0 Å². The minimum absolute atomic E-state index is 0.247. The lowest BCUT2D eigenvalue weighted by atomic mass is 10.3. The van der Waals surface area contributed by atoms with Crippen molar-refractivity contribution >= 4 is 0 Å². The molecule has 74 valence electrons. The molecule has 0 saturated heterocycles. The molecule has 1 heteroatoms. The molecule has 0 saturated carbocycles. The summed E-state index contributed by atoms with van der Waals surface area (Å²) in [4.78, 5) is 0. The van der Waals surface area contributed by atoms with E-state index in [0.29, 0.717) is 0 Å². The van der Waals surface area contributed by atoms with E-state index in [1.807, 2.05) is 6.08 Å². The van der Waals surface area contributed by atoms with Crippen molar-refractivity contribution in [2.45, 2.75) is 32.6 Å². The molecule has 0 aliphatic heterocycles. The molecule has 0 aromatic heterocycles. The highest BCUT2D eigenvalue weighted by molar-refractivity contribution is 5.04. The zero-order valence-corrected chi connectivity index (χ0v) is 8.45. The molecule has 0 fully saturated rings. The van der Waals surface area contributed by atoms with Gasteiger partial charge >= 0.3 is 0 Å². The van der Waals surface area contributed by atoms with Crippen LogP contribution in [-0.2, 0) is 0 Å². The molecule has 0 amide bonds. The summed E-state index contributed by atoms with van der Waals surface area (Å²) < 4.78 is 0. The van der Waals surface area contributed by atoms with E-state index in [1.54, 1.807) is 0 Å². The van der Waals surface area contributed by atoms with E-state index in [1.165, 1.54) is 6.42 Å². The van der Waals surface area contributed by atoms with Gasteiger partial charge < -0.3 is 5.11 Å². The largest absolute Gasteiger partial charge is 0.396 e. The van der Waals surface area contributed by atoms with Gasteiger partial charge in [0.15, 0.2) is 0 Å². The molecule has 0 aliphatic carbocycles. The predicted octanol–water partition coefficient (Wildman–Crippen LogP) is 3.23. The summed E-state index contributed by atoms with van der Waals surface area (Å²) in [6.07, 6.45) is 16.6. The van der Waals surface area contributed by atoms with Crippen LogP contribution in [0.5, 0.6) is 0 Å². The van der Waals surface area contributed by atoms with E-state index in [-0.39, 0.29) is 6.61 Å². The summed E-state index contributed by atoms with van der Waals surface area (Å²) in [5.74, 6) is 0.